The maximum absolute atomic E-state index is 11.1. The van der Waals surface area contributed by atoms with E-state index in [9.17, 15) is 15.2 Å². The first kappa shape index (κ1) is 29.2. The number of nitro benzene ring substituents is 1. The molecule has 3 N–H and O–H groups in total. The fourth-order valence-electron chi connectivity index (χ4n) is 4.62. The number of piperidine rings is 1. The van der Waals surface area contributed by atoms with Crippen LogP contribution in [0.4, 0.5) is 29.2 Å². The van der Waals surface area contributed by atoms with Crippen LogP contribution in [0.5, 0.6) is 5.75 Å². The molecular weight excluding hydrogens is 544 g/mol. The van der Waals surface area contributed by atoms with Crippen molar-refractivity contribution in [3.8, 4) is 5.75 Å². The SMILES string of the molecule is Cc1ccc(Nc2nc(N/N=C/c3cccc([N+](=O)[O-])c3O)nc(N3CCC(Cc4ccccc4)CC3)n2)cc1.Cl. The number of aryl methyl sites for hydroxylation is 1. The van der Waals surface area contributed by atoms with Gasteiger partial charge in [0.1, 0.15) is 0 Å². The molecule has 2 heterocycles. The summed E-state index contributed by atoms with van der Waals surface area (Å²) < 4.78 is 0. The first-order chi connectivity index (χ1) is 19.4. The number of anilines is 4. The molecule has 0 atom stereocenters. The molecule has 0 radical (unpaired) electrons. The van der Waals surface area contributed by atoms with Gasteiger partial charge >= 0.3 is 5.69 Å². The molecule has 1 aromatic heterocycles. The molecule has 5 rings (SSSR count). The number of phenolic OH excluding ortho intramolecular Hbond substituents is 1. The molecule has 0 amide bonds. The number of benzene rings is 3. The molecule has 41 heavy (non-hydrogen) atoms. The van der Waals surface area contributed by atoms with E-state index in [1.165, 1.54) is 30.0 Å². The quantitative estimate of drug-likeness (QED) is 0.127. The number of halogens is 1. The van der Waals surface area contributed by atoms with Crippen LogP contribution in [0.15, 0.2) is 77.9 Å². The van der Waals surface area contributed by atoms with Gasteiger partial charge in [-0.3, -0.25) is 10.1 Å². The molecule has 0 unspecified atom stereocenters. The first-order valence-electron chi connectivity index (χ1n) is 13.1. The van der Waals surface area contributed by atoms with Gasteiger partial charge in [-0.1, -0.05) is 54.1 Å². The minimum absolute atomic E-state index is 0. The van der Waals surface area contributed by atoms with Crippen LogP contribution in [0.25, 0.3) is 0 Å². The summed E-state index contributed by atoms with van der Waals surface area (Å²) in [6.07, 6.45) is 4.38. The van der Waals surface area contributed by atoms with Crippen molar-refractivity contribution in [2.75, 3.05) is 28.7 Å². The highest BCUT2D eigenvalue weighted by Gasteiger charge is 2.23. The second-order valence-corrected chi connectivity index (χ2v) is 9.74. The summed E-state index contributed by atoms with van der Waals surface area (Å²) in [4.78, 5) is 26.3. The number of aromatic nitrogens is 3. The summed E-state index contributed by atoms with van der Waals surface area (Å²) in [6, 6.07) is 22.7. The number of aromatic hydroxyl groups is 1. The maximum Gasteiger partial charge on any atom is 0.311 e. The van der Waals surface area contributed by atoms with Gasteiger partial charge in [0.25, 0.3) is 0 Å². The number of nitrogens with one attached hydrogen (secondary N) is 2. The molecule has 0 saturated carbocycles. The van der Waals surface area contributed by atoms with E-state index in [0.29, 0.717) is 17.8 Å². The Labute approximate surface area is 244 Å². The lowest BCUT2D eigenvalue weighted by Gasteiger charge is -2.32. The monoisotopic (exact) mass is 574 g/mol. The summed E-state index contributed by atoms with van der Waals surface area (Å²) in [5.74, 6) is 1.21. The zero-order chi connectivity index (χ0) is 27.9. The van der Waals surface area contributed by atoms with E-state index in [4.69, 9.17) is 0 Å². The Bertz CT molecular complexity index is 1490. The number of hydrazone groups is 1. The van der Waals surface area contributed by atoms with Gasteiger partial charge in [-0.05, 0) is 55.9 Å². The zero-order valence-electron chi connectivity index (χ0n) is 22.5. The molecular formula is C29H31ClN8O3. The van der Waals surface area contributed by atoms with Gasteiger partial charge < -0.3 is 15.3 Å². The zero-order valence-corrected chi connectivity index (χ0v) is 23.3. The summed E-state index contributed by atoms with van der Waals surface area (Å²) in [6.45, 7) is 3.65. The van der Waals surface area contributed by atoms with E-state index >= 15 is 0 Å². The third-order valence-corrected chi connectivity index (χ3v) is 6.81. The van der Waals surface area contributed by atoms with Crippen LogP contribution < -0.4 is 15.6 Å². The predicted octanol–water partition coefficient (Wildman–Crippen LogP) is 5.86. The topological polar surface area (TPSA) is 142 Å². The molecule has 4 aromatic rings. The number of hydrogen-bond donors (Lipinski definition) is 3. The lowest BCUT2D eigenvalue weighted by molar-refractivity contribution is -0.385. The Balaban J connectivity index is 0.00000387. The van der Waals surface area contributed by atoms with Gasteiger partial charge in [-0.15, -0.1) is 12.4 Å². The average molecular weight is 575 g/mol. The Morgan fingerprint density at radius 2 is 1.71 bits per heavy atom. The maximum atomic E-state index is 11.1. The highest BCUT2D eigenvalue weighted by Crippen LogP contribution is 2.28. The lowest BCUT2D eigenvalue weighted by Crippen LogP contribution is -2.35. The standard InChI is InChI=1S/C29H30N8O3.ClH/c1-20-10-12-24(13-11-20)31-27-32-28(35-30-19-23-8-5-9-25(26(23)38)37(39)40)34-29(33-27)36-16-14-22(15-17-36)18-21-6-3-2-4-7-21;/h2-13,19,22,38H,14-18H2,1H3,(H2,31,32,33,34,35);1H/b30-19+;. The molecule has 0 spiro atoms. The molecule has 12 heteroatoms. The van der Waals surface area contributed by atoms with Crippen LogP contribution in [0, 0.1) is 23.0 Å². The van der Waals surface area contributed by atoms with Gasteiger partial charge in [0.05, 0.1) is 11.1 Å². The van der Waals surface area contributed by atoms with E-state index in [0.717, 1.165) is 43.6 Å². The molecule has 212 valence electrons. The lowest BCUT2D eigenvalue weighted by atomic mass is 9.90. The molecule has 0 bridgehead atoms. The first-order valence-corrected chi connectivity index (χ1v) is 13.1. The number of nitro groups is 1. The fourth-order valence-corrected chi connectivity index (χ4v) is 4.62. The predicted molar refractivity (Wildman–Crippen MR) is 163 cm³/mol. The van der Waals surface area contributed by atoms with Crippen LogP contribution in [0.3, 0.4) is 0 Å². The summed E-state index contributed by atoms with van der Waals surface area (Å²) in [5.41, 5.74) is 5.90. The van der Waals surface area contributed by atoms with Crippen molar-refractivity contribution in [1.82, 2.24) is 15.0 Å². The van der Waals surface area contributed by atoms with Crippen LogP contribution in [0.2, 0.25) is 0 Å². The van der Waals surface area contributed by atoms with Crippen LogP contribution in [-0.4, -0.2) is 44.3 Å². The summed E-state index contributed by atoms with van der Waals surface area (Å²) >= 11 is 0. The van der Waals surface area contributed by atoms with E-state index < -0.39 is 16.4 Å². The van der Waals surface area contributed by atoms with E-state index in [2.05, 4.69) is 60.0 Å². The third-order valence-electron chi connectivity index (χ3n) is 6.81. The van der Waals surface area contributed by atoms with Crippen molar-refractivity contribution < 1.29 is 10.0 Å². The average Bonchev–Trinajstić information content (AvgIpc) is 2.96. The smallest absolute Gasteiger partial charge is 0.311 e. The van der Waals surface area contributed by atoms with Gasteiger partial charge in [-0.2, -0.15) is 20.1 Å². The molecule has 1 aliphatic heterocycles. The highest BCUT2D eigenvalue weighted by molar-refractivity contribution is 5.86. The number of phenols is 1. The molecule has 0 aliphatic carbocycles. The van der Waals surface area contributed by atoms with Gasteiger partial charge in [-0.25, -0.2) is 5.43 Å². The highest BCUT2D eigenvalue weighted by atomic mass is 35.5. The number of para-hydroxylation sites is 1. The molecule has 1 saturated heterocycles. The van der Waals surface area contributed by atoms with Crippen molar-refractivity contribution in [2.24, 2.45) is 11.0 Å². The third kappa shape index (κ3) is 7.67. The fraction of sp³-hybridized carbons (Fsp3) is 0.241. The van der Waals surface area contributed by atoms with Crippen LogP contribution in [-0.2, 0) is 6.42 Å². The van der Waals surface area contributed by atoms with Gasteiger partial charge in [0.2, 0.25) is 23.6 Å². The second kappa shape index (κ2) is 13.5. The number of rotatable bonds is 9. The molecule has 1 aliphatic rings. The number of nitrogens with zero attached hydrogens (tertiary/aromatic N) is 6. The van der Waals surface area contributed by atoms with Crippen LogP contribution >= 0.6 is 12.4 Å². The Kier molecular flexibility index (Phi) is 9.64. The Hall–Kier alpha value is -4.77. The van der Waals surface area contributed by atoms with Gasteiger partial charge in [0.15, 0.2) is 0 Å². The van der Waals surface area contributed by atoms with Crippen molar-refractivity contribution >= 4 is 47.8 Å². The van der Waals surface area contributed by atoms with Gasteiger partial charge in [0, 0.05) is 30.4 Å². The van der Waals surface area contributed by atoms with E-state index in [1.807, 2.05) is 37.3 Å². The Morgan fingerprint density at radius 1 is 1.00 bits per heavy atom. The van der Waals surface area contributed by atoms with Crippen molar-refractivity contribution in [3.05, 3.63) is 99.6 Å². The normalized spacial score (nSPS) is 13.5. The Morgan fingerprint density at radius 3 is 2.41 bits per heavy atom. The minimum atomic E-state index is -0.648. The summed E-state index contributed by atoms with van der Waals surface area (Å²) in [7, 11) is 0. The largest absolute Gasteiger partial charge is 0.502 e. The molecule has 3 aromatic carbocycles. The second-order valence-electron chi connectivity index (χ2n) is 9.74. The van der Waals surface area contributed by atoms with E-state index in [1.54, 1.807) is 0 Å². The summed E-state index contributed by atoms with van der Waals surface area (Å²) in [5, 5.41) is 28.7. The van der Waals surface area contributed by atoms with Crippen molar-refractivity contribution in [2.45, 2.75) is 26.2 Å². The van der Waals surface area contributed by atoms with Crippen LogP contribution in [0.1, 0.15) is 29.5 Å². The van der Waals surface area contributed by atoms with Crippen molar-refractivity contribution in [1.29, 1.82) is 0 Å². The molecule has 1 fully saturated rings. The number of hydrogen-bond acceptors (Lipinski definition) is 10. The minimum Gasteiger partial charge on any atom is -0.502 e. The van der Waals surface area contributed by atoms with E-state index in [-0.39, 0.29) is 23.9 Å². The van der Waals surface area contributed by atoms with Crippen molar-refractivity contribution in [3.63, 3.8) is 0 Å². The molecule has 11 nitrogen and oxygen atoms in total.